The molecule has 0 radical (unpaired) electrons. The van der Waals surface area contributed by atoms with Crippen molar-refractivity contribution in [1.29, 1.82) is 0 Å². The van der Waals surface area contributed by atoms with Gasteiger partial charge in [-0.15, -0.1) is 0 Å². The van der Waals surface area contributed by atoms with Crippen LogP contribution >= 0.6 is 11.8 Å². The summed E-state index contributed by atoms with van der Waals surface area (Å²) in [5.41, 5.74) is -0.142. The standard InChI is InChI=1S/C13H22N2OS/c1-9(2)11-14-13(5-6-13)12(16)15(11)10-4-3-7-17-8-10/h9-11,14H,3-8H2,1-2H3. The summed E-state index contributed by atoms with van der Waals surface area (Å²) in [6.45, 7) is 4.44. The van der Waals surface area contributed by atoms with Gasteiger partial charge in [-0.05, 0) is 37.4 Å². The van der Waals surface area contributed by atoms with E-state index in [-0.39, 0.29) is 11.7 Å². The van der Waals surface area contributed by atoms with Crippen LogP contribution in [0.15, 0.2) is 0 Å². The highest BCUT2D eigenvalue weighted by molar-refractivity contribution is 7.99. The third kappa shape index (κ3) is 1.89. The van der Waals surface area contributed by atoms with Crippen molar-refractivity contribution in [3.8, 4) is 0 Å². The Hall–Kier alpha value is -0.220. The number of nitrogens with zero attached hydrogens (tertiary/aromatic N) is 1. The zero-order valence-electron chi connectivity index (χ0n) is 10.7. The molecular weight excluding hydrogens is 232 g/mol. The fourth-order valence-electron chi connectivity index (χ4n) is 3.09. The van der Waals surface area contributed by atoms with Gasteiger partial charge in [0.05, 0.1) is 11.7 Å². The van der Waals surface area contributed by atoms with Gasteiger partial charge < -0.3 is 4.90 Å². The molecule has 3 fully saturated rings. The van der Waals surface area contributed by atoms with E-state index in [1.165, 1.54) is 18.6 Å². The predicted octanol–water partition coefficient (Wildman–Crippen LogP) is 1.83. The number of thioether (sulfide) groups is 1. The molecule has 2 saturated heterocycles. The zero-order chi connectivity index (χ0) is 12.0. The van der Waals surface area contributed by atoms with E-state index in [0.29, 0.717) is 17.9 Å². The van der Waals surface area contributed by atoms with Crippen LogP contribution in [0.25, 0.3) is 0 Å². The van der Waals surface area contributed by atoms with Gasteiger partial charge in [0, 0.05) is 11.8 Å². The Bertz CT molecular complexity index is 321. The Balaban J connectivity index is 1.81. The first-order chi connectivity index (χ1) is 8.14. The van der Waals surface area contributed by atoms with Gasteiger partial charge in [0.15, 0.2) is 0 Å². The van der Waals surface area contributed by atoms with Crippen LogP contribution in [0.1, 0.15) is 39.5 Å². The average Bonchev–Trinajstić information content (AvgIpc) is 3.03. The van der Waals surface area contributed by atoms with E-state index in [9.17, 15) is 4.79 Å². The van der Waals surface area contributed by atoms with Gasteiger partial charge >= 0.3 is 0 Å². The number of carbonyl (C=O) groups is 1. The van der Waals surface area contributed by atoms with Gasteiger partial charge in [0.2, 0.25) is 5.91 Å². The number of nitrogens with one attached hydrogen (secondary N) is 1. The molecule has 2 heterocycles. The van der Waals surface area contributed by atoms with Gasteiger partial charge in [-0.1, -0.05) is 13.8 Å². The lowest BCUT2D eigenvalue weighted by atomic mass is 10.1. The number of rotatable bonds is 2. The molecule has 1 amide bonds. The molecule has 96 valence electrons. The van der Waals surface area contributed by atoms with Crippen molar-refractivity contribution in [2.75, 3.05) is 11.5 Å². The molecule has 0 bridgehead atoms. The van der Waals surface area contributed by atoms with Crippen LogP contribution in [-0.4, -0.2) is 40.1 Å². The van der Waals surface area contributed by atoms with Crippen molar-refractivity contribution >= 4 is 17.7 Å². The zero-order valence-corrected chi connectivity index (χ0v) is 11.6. The van der Waals surface area contributed by atoms with Crippen LogP contribution < -0.4 is 5.32 Å². The minimum absolute atomic E-state index is 0.142. The quantitative estimate of drug-likeness (QED) is 0.816. The lowest BCUT2D eigenvalue weighted by molar-refractivity contribution is -0.133. The van der Waals surface area contributed by atoms with E-state index in [2.05, 4.69) is 24.1 Å². The highest BCUT2D eigenvalue weighted by Gasteiger charge is 2.60. The van der Waals surface area contributed by atoms with Crippen LogP contribution in [0.5, 0.6) is 0 Å². The third-order valence-electron chi connectivity index (χ3n) is 4.28. The van der Waals surface area contributed by atoms with Crippen LogP contribution in [0.3, 0.4) is 0 Å². The number of amides is 1. The summed E-state index contributed by atoms with van der Waals surface area (Å²) in [4.78, 5) is 14.8. The van der Waals surface area contributed by atoms with Crippen molar-refractivity contribution in [2.45, 2.75) is 57.3 Å². The Labute approximate surface area is 108 Å². The first-order valence-electron chi connectivity index (χ1n) is 6.82. The summed E-state index contributed by atoms with van der Waals surface area (Å²) < 4.78 is 0. The SMILES string of the molecule is CC(C)C1NC2(CC2)C(=O)N1C1CCCSC1. The number of hydrogen-bond donors (Lipinski definition) is 1. The third-order valence-corrected chi connectivity index (χ3v) is 5.48. The molecule has 1 N–H and O–H groups in total. The summed E-state index contributed by atoms with van der Waals surface area (Å²) in [5, 5.41) is 3.61. The highest BCUT2D eigenvalue weighted by atomic mass is 32.2. The summed E-state index contributed by atoms with van der Waals surface area (Å²) in [6, 6.07) is 0.473. The van der Waals surface area contributed by atoms with Crippen molar-refractivity contribution in [1.82, 2.24) is 10.2 Å². The van der Waals surface area contributed by atoms with Gasteiger partial charge in [-0.3, -0.25) is 10.1 Å². The summed E-state index contributed by atoms with van der Waals surface area (Å²) in [7, 11) is 0. The maximum atomic E-state index is 12.6. The smallest absolute Gasteiger partial charge is 0.244 e. The van der Waals surface area contributed by atoms with Gasteiger partial charge in [-0.25, -0.2) is 0 Å². The van der Waals surface area contributed by atoms with E-state index >= 15 is 0 Å². The molecule has 3 nitrogen and oxygen atoms in total. The van der Waals surface area contributed by atoms with E-state index in [0.717, 1.165) is 18.6 Å². The van der Waals surface area contributed by atoms with Gasteiger partial charge in [0.1, 0.15) is 0 Å². The largest absolute Gasteiger partial charge is 0.321 e. The number of carbonyl (C=O) groups excluding carboxylic acids is 1. The fourth-order valence-corrected chi connectivity index (χ4v) is 4.23. The summed E-state index contributed by atoms with van der Waals surface area (Å²) in [6.07, 6.45) is 4.82. The first kappa shape index (κ1) is 11.8. The van der Waals surface area contributed by atoms with Crippen molar-refractivity contribution < 1.29 is 4.79 Å². The van der Waals surface area contributed by atoms with E-state index in [1.807, 2.05) is 11.8 Å². The van der Waals surface area contributed by atoms with Gasteiger partial charge in [-0.2, -0.15) is 11.8 Å². The molecule has 0 aromatic carbocycles. The summed E-state index contributed by atoms with van der Waals surface area (Å²) in [5.74, 6) is 3.30. The molecule has 2 aliphatic heterocycles. The van der Waals surface area contributed by atoms with Crippen LogP contribution in [0.2, 0.25) is 0 Å². The maximum Gasteiger partial charge on any atom is 0.244 e. The van der Waals surface area contributed by atoms with Crippen LogP contribution in [-0.2, 0) is 4.79 Å². The molecule has 4 heteroatoms. The van der Waals surface area contributed by atoms with Crippen molar-refractivity contribution in [3.63, 3.8) is 0 Å². The topological polar surface area (TPSA) is 32.3 Å². The van der Waals surface area contributed by atoms with Crippen LogP contribution in [0.4, 0.5) is 0 Å². The predicted molar refractivity (Wildman–Crippen MR) is 70.9 cm³/mol. The summed E-state index contributed by atoms with van der Waals surface area (Å²) >= 11 is 2.00. The lowest BCUT2D eigenvalue weighted by Gasteiger charge is -2.36. The van der Waals surface area contributed by atoms with Crippen molar-refractivity contribution in [2.24, 2.45) is 5.92 Å². The number of hydrogen-bond acceptors (Lipinski definition) is 3. The van der Waals surface area contributed by atoms with E-state index in [1.54, 1.807) is 0 Å². The fraction of sp³-hybridized carbons (Fsp3) is 0.923. The second kappa shape index (κ2) is 4.16. The molecule has 17 heavy (non-hydrogen) atoms. The molecule has 3 aliphatic rings. The molecule has 0 aromatic heterocycles. The normalized spacial score (nSPS) is 35.9. The lowest BCUT2D eigenvalue weighted by Crippen LogP contribution is -2.49. The Kier molecular flexibility index (Phi) is 2.90. The van der Waals surface area contributed by atoms with Gasteiger partial charge in [0.25, 0.3) is 0 Å². The molecule has 0 aromatic rings. The Morgan fingerprint density at radius 3 is 2.76 bits per heavy atom. The molecular formula is C13H22N2OS. The molecule has 2 atom stereocenters. The molecule has 2 unspecified atom stereocenters. The van der Waals surface area contributed by atoms with Crippen molar-refractivity contribution in [3.05, 3.63) is 0 Å². The Morgan fingerprint density at radius 1 is 1.47 bits per heavy atom. The maximum absolute atomic E-state index is 12.6. The average molecular weight is 254 g/mol. The molecule has 3 rings (SSSR count). The second-order valence-corrected chi connectivity index (χ2v) is 7.15. The molecule has 1 saturated carbocycles. The molecule has 1 spiro atoms. The first-order valence-corrected chi connectivity index (χ1v) is 7.98. The van der Waals surface area contributed by atoms with E-state index in [4.69, 9.17) is 0 Å². The molecule has 1 aliphatic carbocycles. The van der Waals surface area contributed by atoms with E-state index < -0.39 is 0 Å². The monoisotopic (exact) mass is 254 g/mol. The minimum atomic E-state index is -0.142. The minimum Gasteiger partial charge on any atom is -0.321 e. The van der Waals surface area contributed by atoms with Crippen LogP contribution in [0, 0.1) is 5.92 Å². The second-order valence-electron chi connectivity index (χ2n) is 6.00. The highest BCUT2D eigenvalue weighted by Crippen LogP contribution is 2.45. The Morgan fingerprint density at radius 2 is 2.24 bits per heavy atom.